The summed E-state index contributed by atoms with van der Waals surface area (Å²) in [5, 5.41) is 0. The van der Waals surface area contributed by atoms with Crippen molar-refractivity contribution < 1.29 is 19.1 Å². The second-order valence-electron chi connectivity index (χ2n) is 9.69. The van der Waals surface area contributed by atoms with E-state index in [4.69, 9.17) is 9.47 Å². The summed E-state index contributed by atoms with van der Waals surface area (Å²) in [6.07, 6.45) is 9.02. The number of esters is 2. The van der Waals surface area contributed by atoms with Crippen LogP contribution in [0.1, 0.15) is 59.3 Å². The van der Waals surface area contributed by atoms with Crippen molar-refractivity contribution in [3.05, 3.63) is 11.6 Å². The van der Waals surface area contributed by atoms with Gasteiger partial charge in [-0.05, 0) is 56.9 Å². The van der Waals surface area contributed by atoms with Gasteiger partial charge in [0.1, 0.15) is 6.10 Å². The SMILES string of the molecule is CCOC(=O)[C@@H]1CCCN(C[C@@H]2C(=O)O[C@H]3C[C@]4(C)CCC[C@@H](C)C4=C[C@@H]32)C1. The second-order valence-corrected chi connectivity index (χ2v) is 9.69. The van der Waals surface area contributed by atoms with Gasteiger partial charge < -0.3 is 14.4 Å². The minimum atomic E-state index is -0.0999. The lowest BCUT2D eigenvalue weighted by Crippen LogP contribution is -2.44. The topological polar surface area (TPSA) is 55.8 Å². The van der Waals surface area contributed by atoms with Gasteiger partial charge in [-0.1, -0.05) is 31.9 Å². The first-order chi connectivity index (χ1) is 13.4. The summed E-state index contributed by atoms with van der Waals surface area (Å²) < 4.78 is 11.1. The molecule has 0 radical (unpaired) electrons. The van der Waals surface area contributed by atoms with Gasteiger partial charge in [-0.25, -0.2) is 0 Å². The fourth-order valence-electron chi connectivity index (χ4n) is 6.21. The van der Waals surface area contributed by atoms with Crippen molar-refractivity contribution >= 4 is 11.9 Å². The third-order valence-electron chi connectivity index (χ3n) is 7.66. The molecule has 2 saturated heterocycles. The van der Waals surface area contributed by atoms with Crippen LogP contribution < -0.4 is 0 Å². The van der Waals surface area contributed by atoms with Gasteiger partial charge in [0.2, 0.25) is 0 Å². The Kier molecular flexibility index (Phi) is 5.56. The van der Waals surface area contributed by atoms with Crippen LogP contribution in [0.25, 0.3) is 0 Å². The highest BCUT2D eigenvalue weighted by atomic mass is 16.6. The van der Waals surface area contributed by atoms with Crippen molar-refractivity contribution in [1.29, 1.82) is 0 Å². The van der Waals surface area contributed by atoms with Gasteiger partial charge in [0.15, 0.2) is 0 Å². The maximum Gasteiger partial charge on any atom is 0.311 e. The molecule has 156 valence electrons. The van der Waals surface area contributed by atoms with Crippen LogP contribution in [0, 0.1) is 29.1 Å². The number of rotatable bonds is 4. The molecule has 0 aromatic carbocycles. The summed E-state index contributed by atoms with van der Waals surface area (Å²) in [4.78, 5) is 27.2. The number of carbonyl (C=O) groups excluding carboxylic acids is 2. The van der Waals surface area contributed by atoms with Crippen molar-refractivity contribution in [1.82, 2.24) is 4.90 Å². The Morgan fingerprint density at radius 1 is 1.36 bits per heavy atom. The fourth-order valence-corrected chi connectivity index (χ4v) is 6.21. The van der Waals surface area contributed by atoms with E-state index in [1.54, 1.807) is 5.57 Å². The summed E-state index contributed by atoms with van der Waals surface area (Å²) >= 11 is 0. The first kappa shape index (κ1) is 19.9. The lowest BCUT2D eigenvalue weighted by atomic mass is 9.59. The van der Waals surface area contributed by atoms with E-state index in [1.165, 1.54) is 19.3 Å². The molecule has 2 aliphatic carbocycles. The van der Waals surface area contributed by atoms with Crippen LogP contribution >= 0.6 is 0 Å². The Labute approximate surface area is 168 Å². The molecule has 4 rings (SSSR count). The standard InChI is InChI=1S/C23H35NO4/c1-4-27-21(25)16-8-6-10-24(13-16)14-18-17-11-19-15(2)7-5-9-23(19,3)12-20(17)28-22(18)26/h11,15-18,20H,4-10,12-14H2,1-3H3/t15-,16-,17-,18+,20+,23+/m1/s1. The van der Waals surface area contributed by atoms with E-state index in [9.17, 15) is 9.59 Å². The van der Waals surface area contributed by atoms with E-state index in [-0.39, 0.29) is 41.2 Å². The lowest BCUT2D eigenvalue weighted by molar-refractivity contribution is -0.150. The Balaban J connectivity index is 1.48. The van der Waals surface area contributed by atoms with Gasteiger partial charge >= 0.3 is 11.9 Å². The smallest absolute Gasteiger partial charge is 0.311 e. The Morgan fingerprint density at radius 3 is 2.96 bits per heavy atom. The molecular formula is C23H35NO4. The highest BCUT2D eigenvalue weighted by Crippen LogP contribution is 2.54. The van der Waals surface area contributed by atoms with Gasteiger partial charge in [-0.15, -0.1) is 0 Å². The van der Waals surface area contributed by atoms with Crippen molar-refractivity contribution in [2.45, 2.75) is 65.4 Å². The van der Waals surface area contributed by atoms with Gasteiger partial charge in [0.05, 0.1) is 18.4 Å². The molecule has 6 atom stereocenters. The number of ether oxygens (including phenoxy) is 2. The number of hydrogen-bond donors (Lipinski definition) is 0. The van der Waals surface area contributed by atoms with Crippen LogP contribution in [0.2, 0.25) is 0 Å². The minimum absolute atomic E-state index is 0.0298. The van der Waals surface area contributed by atoms with Crippen molar-refractivity contribution in [2.75, 3.05) is 26.2 Å². The monoisotopic (exact) mass is 389 g/mol. The van der Waals surface area contributed by atoms with Gasteiger partial charge in [0, 0.05) is 19.0 Å². The molecule has 3 fully saturated rings. The molecule has 0 N–H and O–H groups in total. The molecule has 4 aliphatic rings. The number of hydrogen-bond acceptors (Lipinski definition) is 5. The predicted molar refractivity (Wildman–Crippen MR) is 106 cm³/mol. The average molecular weight is 390 g/mol. The van der Waals surface area contributed by atoms with E-state index < -0.39 is 0 Å². The number of likely N-dealkylation sites (tertiary alicyclic amines) is 1. The number of allylic oxidation sites excluding steroid dienone is 1. The van der Waals surface area contributed by atoms with Gasteiger partial charge in [0.25, 0.3) is 0 Å². The van der Waals surface area contributed by atoms with Crippen molar-refractivity contribution in [3.63, 3.8) is 0 Å². The van der Waals surface area contributed by atoms with Crippen molar-refractivity contribution in [2.24, 2.45) is 29.1 Å². The van der Waals surface area contributed by atoms with E-state index in [0.29, 0.717) is 25.6 Å². The summed E-state index contributed by atoms with van der Waals surface area (Å²) in [6.45, 7) is 9.32. The molecule has 0 bridgehead atoms. The zero-order chi connectivity index (χ0) is 19.9. The molecule has 0 spiro atoms. The zero-order valence-electron chi connectivity index (χ0n) is 17.6. The van der Waals surface area contributed by atoms with E-state index in [1.807, 2.05) is 6.92 Å². The normalized spacial score (nSPS) is 40.9. The largest absolute Gasteiger partial charge is 0.466 e. The molecule has 0 aromatic rings. The number of fused-ring (bicyclic) bond motifs is 2. The minimum Gasteiger partial charge on any atom is -0.466 e. The summed E-state index contributed by atoms with van der Waals surface area (Å²) in [7, 11) is 0. The first-order valence-corrected chi connectivity index (χ1v) is 11.2. The number of carbonyl (C=O) groups is 2. The van der Waals surface area contributed by atoms with E-state index in [0.717, 1.165) is 25.8 Å². The molecule has 0 unspecified atom stereocenters. The maximum absolute atomic E-state index is 12.8. The van der Waals surface area contributed by atoms with Crippen LogP contribution in [0.4, 0.5) is 0 Å². The average Bonchev–Trinajstić information content (AvgIpc) is 2.94. The highest BCUT2D eigenvalue weighted by Gasteiger charge is 2.52. The van der Waals surface area contributed by atoms with Gasteiger partial charge in [-0.2, -0.15) is 0 Å². The van der Waals surface area contributed by atoms with Crippen LogP contribution in [-0.4, -0.2) is 49.2 Å². The first-order valence-electron chi connectivity index (χ1n) is 11.2. The summed E-state index contributed by atoms with van der Waals surface area (Å²) in [5.74, 6) is 0.509. The molecule has 5 heteroatoms. The zero-order valence-corrected chi connectivity index (χ0v) is 17.6. The Morgan fingerprint density at radius 2 is 2.18 bits per heavy atom. The van der Waals surface area contributed by atoms with Crippen LogP contribution in [0.5, 0.6) is 0 Å². The fraction of sp³-hybridized carbons (Fsp3) is 0.826. The predicted octanol–water partition coefficient (Wildman–Crippen LogP) is 3.58. The van der Waals surface area contributed by atoms with E-state index >= 15 is 0 Å². The summed E-state index contributed by atoms with van der Waals surface area (Å²) in [6, 6.07) is 0. The second kappa shape index (κ2) is 7.81. The molecule has 2 aliphatic heterocycles. The molecular weight excluding hydrogens is 354 g/mol. The van der Waals surface area contributed by atoms with Crippen LogP contribution in [0.15, 0.2) is 11.6 Å². The Hall–Kier alpha value is -1.36. The van der Waals surface area contributed by atoms with Gasteiger partial charge in [-0.3, -0.25) is 9.59 Å². The Bertz CT molecular complexity index is 659. The van der Waals surface area contributed by atoms with Crippen LogP contribution in [0.3, 0.4) is 0 Å². The number of nitrogens with zero attached hydrogens (tertiary/aromatic N) is 1. The highest BCUT2D eigenvalue weighted by molar-refractivity contribution is 5.76. The molecule has 0 amide bonds. The third kappa shape index (κ3) is 3.62. The third-order valence-corrected chi connectivity index (χ3v) is 7.66. The summed E-state index contributed by atoms with van der Waals surface area (Å²) in [5.41, 5.74) is 1.76. The molecule has 2 heterocycles. The lowest BCUT2D eigenvalue weighted by Gasteiger charge is -2.46. The molecule has 1 saturated carbocycles. The molecule has 0 aromatic heterocycles. The quantitative estimate of drug-likeness (QED) is 0.543. The number of piperidine rings is 1. The molecule has 28 heavy (non-hydrogen) atoms. The molecule has 5 nitrogen and oxygen atoms in total. The maximum atomic E-state index is 12.8. The van der Waals surface area contributed by atoms with E-state index in [2.05, 4.69) is 24.8 Å². The van der Waals surface area contributed by atoms with Crippen LogP contribution in [-0.2, 0) is 19.1 Å². The van der Waals surface area contributed by atoms with Crippen molar-refractivity contribution in [3.8, 4) is 0 Å².